The third kappa shape index (κ3) is 3.91. The van der Waals surface area contributed by atoms with Crippen LogP contribution in [0.5, 0.6) is 11.5 Å². The third-order valence-corrected chi connectivity index (χ3v) is 2.69. The second-order valence-electron chi connectivity index (χ2n) is 4.15. The van der Waals surface area contributed by atoms with Crippen molar-refractivity contribution < 1.29 is 14.3 Å². The van der Waals surface area contributed by atoms with Crippen molar-refractivity contribution in [2.24, 2.45) is 5.73 Å². The largest absolute Gasteiger partial charge is 0.497 e. The number of primary amides is 1. The van der Waals surface area contributed by atoms with Gasteiger partial charge in [-0.3, -0.25) is 0 Å². The smallest absolute Gasteiger partial charge is 0.316 e. The fourth-order valence-corrected chi connectivity index (χ4v) is 1.67. The van der Waals surface area contributed by atoms with Crippen LogP contribution in [0.15, 0.2) is 48.5 Å². The molecule has 0 fully saturated rings. The summed E-state index contributed by atoms with van der Waals surface area (Å²) in [6, 6.07) is 14.1. The highest BCUT2D eigenvalue weighted by Gasteiger charge is 1.99. The molecule has 104 valence electrons. The Morgan fingerprint density at radius 1 is 1.05 bits per heavy atom. The van der Waals surface area contributed by atoms with Gasteiger partial charge in [-0.05, 0) is 42.0 Å². The SMILES string of the molecule is COc1ccc(COc2ccc(NC(N)=O)cc2)cc1. The molecule has 0 atom stereocenters. The molecule has 0 aliphatic heterocycles. The van der Waals surface area contributed by atoms with Crippen molar-refractivity contribution in [1.82, 2.24) is 0 Å². The van der Waals surface area contributed by atoms with Gasteiger partial charge in [-0.2, -0.15) is 0 Å². The zero-order valence-corrected chi connectivity index (χ0v) is 11.1. The van der Waals surface area contributed by atoms with Crippen LogP contribution in [-0.2, 0) is 6.61 Å². The van der Waals surface area contributed by atoms with Crippen molar-refractivity contribution in [1.29, 1.82) is 0 Å². The lowest BCUT2D eigenvalue weighted by Gasteiger charge is -2.08. The molecule has 0 aliphatic carbocycles. The lowest BCUT2D eigenvalue weighted by Crippen LogP contribution is -2.19. The molecule has 0 aliphatic rings. The Hall–Kier alpha value is -2.69. The predicted molar refractivity (Wildman–Crippen MR) is 77.0 cm³/mol. The molecule has 2 aromatic carbocycles. The Kier molecular flexibility index (Phi) is 4.44. The van der Waals surface area contributed by atoms with Crippen LogP contribution in [0.4, 0.5) is 10.5 Å². The molecule has 0 spiro atoms. The Morgan fingerprint density at radius 2 is 1.65 bits per heavy atom. The van der Waals surface area contributed by atoms with Gasteiger partial charge >= 0.3 is 6.03 Å². The van der Waals surface area contributed by atoms with E-state index in [1.165, 1.54) is 0 Å². The van der Waals surface area contributed by atoms with Crippen LogP contribution in [0, 0.1) is 0 Å². The molecule has 5 nitrogen and oxygen atoms in total. The predicted octanol–water partition coefficient (Wildman–Crippen LogP) is 2.76. The Balaban J connectivity index is 1.91. The van der Waals surface area contributed by atoms with Gasteiger partial charge in [0.25, 0.3) is 0 Å². The lowest BCUT2D eigenvalue weighted by molar-refractivity contribution is 0.259. The average Bonchev–Trinajstić information content (AvgIpc) is 2.46. The molecule has 0 heterocycles. The van der Waals surface area contributed by atoms with Gasteiger partial charge in [-0.1, -0.05) is 12.1 Å². The van der Waals surface area contributed by atoms with E-state index in [2.05, 4.69) is 5.32 Å². The maximum absolute atomic E-state index is 10.7. The molecule has 0 bridgehead atoms. The van der Waals surface area contributed by atoms with Crippen molar-refractivity contribution in [3.63, 3.8) is 0 Å². The topological polar surface area (TPSA) is 73.6 Å². The number of nitrogens with two attached hydrogens (primary N) is 1. The van der Waals surface area contributed by atoms with E-state index in [0.29, 0.717) is 12.3 Å². The number of carbonyl (C=O) groups excluding carboxylic acids is 1. The number of urea groups is 1. The molecule has 0 aromatic heterocycles. The second kappa shape index (κ2) is 6.47. The third-order valence-electron chi connectivity index (χ3n) is 2.69. The molecular formula is C15H16N2O3. The zero-order chi connectivity index (χ0) is 14.4. The van der Waals surface area contributed by atoms with Crippen LogP contribution >= 0.6 is 0 Å². The summed E-state index contributed by atoms with van der Waals surface area (Å²) in [5, 5.41) is 2.49. The first kappa shape index (κ1) is 13.7. The summed E-state index contributed by atoms with van der Waals surface area (Å²) < 4.78 is 10.7. The van der Waals surface area contributed by atoms with E-state index in [-0.39, 0.29) is 0 Å². The number of hydrogen-bond donors (Lipinski definition) is 2. The average molecular weight is 272 g/mol. The minimum absolute atomic E-state index is 0.465. The van der Waals surface area contributed by atoms with E-state index in [4.69, 9.17) is 15.2 Å². The molecule has 2 amide bonds. The number of anilines is 1. The first-order valence-electron chi connectivity index (χ1n) is 6.09. The van der Waals surface area contributed by atoms with Crippen LogP contribution in [0.2, 0.25) is 0 Å². The van der Waals surface area contributed by atoms with Crippen LogP contribution < -0.4 is 20.5 Å². The maximum Gasteiger partial charge on any atom is 0.316 e. The number of nitrogens with one attached hydrogen (secondary N) is 1. The molecular weight excluding hydrogens is 256 g/mol. The molecule has 2 rings (SSSR count). The van der Waals surface area contributed by atoms with Crippen molar-refractivity contribution in [2.45, 2.75) is 6.61 Å². The second-order valence-corrected chi connectivity index (χ2v) is 4.15. The van der Waals surface area contributed by atoms with Crippen LogP contribution in [0.1, 0.15) is 5.56 Å². The van der Waals surface area contributed by atoms with Crippen LogP contribution in [0.3, 0.4) is 0 Å². The Labute approximate surface area is 117 Å². The number of ether oxygens (including phenoxy) is 2. The lowest BCUT2D eigenvalue weighted by atomic mass is 10.2. The molecule has 0 radical (unpaired) electrons. The minimum Gasteiger partial charge on any atom is -0.497 e. The highest BCUT2D eigenvalue weighted by Crippen LogP contribution is 2.18. The van der Waals surface area contributed by atoms with Gasteiger partial charge in [0, 0.05) is 5.69 Å². The van der Waals surface area contributed by atoms with Gasteiger partial charge in [0.05, 0.1) is 7.11 Å². The number of carbonyl (C=O) groups is 1. The number of methoxy groups -OCH3 is 1. The van der Waals surface area contributed by atoms with E-state index in [1.54, 1.807) is 31.4 Å². The van der Waals surface area contributed by atoms with Crippen LogP contribution in [0.25, 0.3) is 0 Å². The van der Waals surface area contributed by atoms with E-state index < -0.39 is 6.03 Å². The molecule has 3 N–H and O–H groups in total. The summed E-state index contributed by atoms with van der Waals surface area (Å²) >= 11 is 0. The first-order chi connectivity index (χ1) is 9.67. The first-order valence-corrected chi connectivity index (χ1v) is 6.09. The fourth-order valence-electron chi connectivity index (χ4n) is 1.67. The molecule has 20 heavy (non-hydrogen) atoms. The molecule has 0 saturated heterocycles. The minimum atomic E-state index is -0.586. The molecule has 0 saturated carbocycles. The summed E-state index contributed by atoms with van der Waals surface area (Å²) in [5.41, 5.74) is 6.71. The number of amides is 2. The quantitative estimate of drug-likeness (QED) is 0.879. The molecule has 2 aromatic rings. The van der Waals surface area contributed by atoms with Crippen molar-refractivity contribution in [3.05, 3.63) is 54.1 Å². The maximum atomic E-state index is 10.7. The fraction of sp³-hybridized carbons (Fsp3) is 0.133. The van der Waals surface area contributed by atoms with Crippen molar-refractivity contribution in [3.8, 4) is 11.5 Å². The van der Waals surface area contributed by atoms with Gasteiger partial charge in [0.1, 0.15) is 18.1 Å². The Bertz CT molecular complexity index is 565. The Morgan fingerprint density at radius 3 is 2.20 bits per heavy atom. The van der Waals surface area contributed by atoms with Crippen LogP contribution in [-0.4, -0.2) is 13.1 Å². The van der Waals surface area contributed by atoms with Gasteiger partial charge in [-0.15, -0.1) is 0 Å². The van der Waals surface area contributed by atoms with E-state index in [9.17, 15) is 4.79 Å². The van der Waals surface area contributed by atoms with E-state index >= 15 is 0 Å². The summed E-state index contributed by atoms with van der Waals surface area (Å²) in [7, 11) is 1.63. The normalized spacial score (nSPS) is 9.85. The summed E-state index contributed by atoms with van der Waals surface area (Å²) in [4.78, 5) is 10.7. The highest BCUT2D eigenvalue weighted by molar-refractivity contribution is 5.87. The van der Waals surface area contributed by atoms with Gasteiger partial charge in [-0.25, -0.2) is 4.79 Å². The van der Waals surface area contributed by atoms with Gasteiger partial charge in [0.15, 0.2) is 0 Å². The molecule has 5 heteroatoms. The molecule has 0 unspecified atom stereocenters. The summed E-state index contributed by atoms with van der Waals surface area (Å²) in [5.74, 6) is 1.53. The monoisotopic (exact) mass is 272 g/mol. The van der Waals surface area contributed by atoms with E-state index in [0.717, 1.165) is 17.1 Å². The summed E-state index contributed by atoms with van der Waals surface area (Å²) in [6.07, 6.45) is 0. The number of benzene rings is 2. The van der Waals surface area contributed by atoms with Gasteiger partial charge < -0.3 is 20.5 Å². The zero-order valence-electron chi connectivity index (χ0n) is 11.1. The number of rotatable bonds is 5. The van der Waals surface area contributed by atoms with E-state index in [1.807, 2.05) is 24.3 Å². The highest BCUT2D eigenvalue weighted by atomic mass is 16.5. The van der Waals surface area contributed by atoms with Crippen molar-refractivity contribution in [2.75, 3.05) is 12.4 Å². The van der Waals surface area contributed by atoms with Gasteiger partial charge in [0.2, 0.25) is 0 Å². The number of hydrogen-bond acceptors (Lipinski definition) is 3. The standard InChI is InChI=1S/C15H16N2O3/c1-19-13-6-2-11(3-7-13)10-20-14-8-4-12(5-9-14)17-15(16)18/h2-9H,10H2,1H3,(H3,16,17,18). The van der Waals surface area contributed by atoms with Crippen molar-refractivity contribution >= 4 is 11.7 Å². The summed E-state index contributed by atoms with van der Waals surface area (Å²) in [6.45, 7) is 0.465.